The zero-order valence-corrected chi connectivity index (χ0v) is 28.3. The van der Waals surface area contributed by atoms with Gasteiger partial charge in [0.25, 0.3) is 0 Å². The SMILES string of the molecule is CSCC[C@H](NC(=O)[C@H](Cc1ccccc1)NC(=O)CNC(=O)CNC(=O)[C@H](Cc1ccc(O)cc1)NC(=O)/C=C/c1ccccc1)C(=O)O. The van der Waals surface area contributed by atoms with Gasteiger partial charge >= 0.3 is 5.97 Å². The third-order valence-corrected chi connectivity index (χ3v) is 7.91. The summed E-state index contributed by atoms with van der Waals surface area (Å²) in [5.74, 6) is -3.96. The van der Waals surface area contributed by atoms with E-state index in [0.717, 1.165) is 11.1 Å². The first-order valence-electron chi connectivity index (χ1n) is 15.8. The van der Waals surface area contributed by atoms with E-state index in [0.29, 0.717) is 11.3 Å². The van der Waals surface area contributed by atoms with Crippen molar-refractivity contribution in [2.75, 3.05) is 25.1 Å². The molecular formula is C36H41N5O8S. The molecule has 0 bridgehead atoms. The summed E-state index contributed by atoms with van der Waals surface area (Å²) < 4.78 is 0. The number of carboxylic acid groups (broad SMARTS) is 1. The number of phenolic OH excluding ortho intramolecular Hbond substituents is 1. The Hall–Kier alpha value is -5.63. The molecule has 3 atom stereocenters. The zero-order chi connectivity index (χ0) is 36.3. The van der Waals surface area contributed by atoms with Gasteiger partial charge in [0, 0.05) is 18.9 Å². The predicted molar refractivity (Wildman–Crippen MR) is 190 cm³/mol. The molecule has 0 saturated carbocycles. The molecule has 14 heteroatoms. The number of aliphatic carboxylic acids is 1. The van der Waals surface area contributed by atoms with E-state index in [1.54, 1.807) is 48.5 Å². The molecule has 0 aliphatic rings. The fraction of sp³-hybridized carbons (Fsp3) is 0.278. The summed E-state index contributed by atoms with van der Waals surface area (Å²) in [6.07, 6.45) is 5.03. The summed E-state index contributed by atoms with van der Waals surface area (Å²) in [6.45, 7) is -1.04. The molecule has 0 fully saturated rings. The van der Waals surface area contributed by atoms with E-state index in [2.05, 4.69) is 26.6 Å². The van der Waals surface area contributed by atoms with Crippen LogP contribution in [0.5, 0.6) is 5.75 Å². The van der Waals surface area contributed by atoms with Crippen LogP contribution in [0, 0.1) is 0 Å². The Labute approximate surface area is 294 Å². The molecule has 0 aliphatic carbocycles. The van der Waals surface area contributed by atoms with Crippen LogP contribution < -0.4 is 26.6 Å². The fourth-order valence-corrected chi connectivity index (χ4v) is 5.11. The molecule has 50 heavy (non-hydrogen) atoms. The Morgan fingerprint density at radius 2 is 1.26 bits per heavy atom. The third-order valence-electron chi connectivity index (χ3n) is 7.26. The van der Waals surface area contributed by atoms with Crippen LogP contribution in [-0.4, -0.2) is 88.9 Å². The number of hydrogen-bond donors (Lipinski definition) is 7. The third kappa shape index (κ3) is 14.2. The number of nitrogens with one attached hydrogen (secondary N) is 5. The first kappa shape index (κ1) is 38.8. The van der Waals surface area contributed by atoms with Crippen molar-refractivity contribution in [3.05, 3.63) is 108 Å². The number of carbonyl (C=O) groups excluding carboxylic acids is 5. The van der Waals surface area contributed by atoms with Gasteiger partial charge in [-0.2, -0.15) is 11.8 Å². The van der Waals surface area contributed by atoms with Gasteiger partial charge in [0.1, 0.15) is 23.9 Å². The van der Waals surface area contributed by atoms with E-state index < -0.39 is 66.7 Å². The molecule has 5 amide bonds. The molecule has 264 valence electrons. The highest BCUT2D eigenvalue weighted by molar-refractivity contribution is 7.98. The lowest BCUT2D eigenvalue weighted by molar-refractivity contribution is -0.142. The van der Waals surface area contributed by atoms with Crippen molar-refractivity contribution in [3.8, 4) is 5.75 Å². The van der Waals surface area contributed by atoms with Gasteiger partial charge in [-0.1, -0.05) is 72.8 Å². The summed E-state index contributed by atoms with van der Waals surface area (Å²) in [7, 11) is 0. The van der Waals surface area contributed by atoms with Gasteiger partial charge in [0.2, 0.25) is 29.5 Å². The van der Waals surface area contributed by atoms with Crippen molar-refractivity contribution < 1.29 is 39.0 Å². The molecule has 0 spiro atoms. The maximum atomic E-state index is 13.1. The number of rotatable bonds is 19. The summed E-state index contributed by atoms with van der Waals surface area (Å²) in [4.78, 5) is 76.0. The number of aromatic hydroxyl groups is 1. The first-order chi connectivity index (χ1) is 24.0. The van der Waals surface area contributed by atoms with Crippen molar-refractivity contribution in [2.45, 2.75) is 37.4 Å². The van der Waals surface area contributed by atoms with Crippen molar-refractivity contribution in [2.24, 2.45) is 0 Å². The number of phenols is 1. The van der Waals surface area contributed by atoms with Gasteiger partial charge in [-0.3, -0.25) is 24.0 Å². The van der Waals surface area contributed by atoms with E-state index in [4.69, 9.17) is 0 Å². The van der Waals surface area contributed by atoms with Crippen molar-refractivity contribution >= 4 is 53.3 Å². The second kappa shape index (κ2) is 20.7. The number of benzene rings is 3. The van der Waals surface area contributed by atoms with Crippen LogP contribution in [0.15, 0.2) is 91.0 Å². The van der Waals surface area contributed by atoms with E-state index >= 15 is 0 Å². The Morgan fingerprint density at radius 1 is 0.680 bits per heavy atom. The predicted octanol–water partition coefficient (Wildman–Crippen LogP) is 1.42. The summed E-state index contributed by atoms with van der Waals surface area (Å²) >= 11 is 1.44. The van der Waals surface area contributed by atoms with Crippen LogP contribution >= 0.6 is 11.8 Å². The van der Waals surface area contributed by atoms with E-state index in [9.17, 15) is 39.0 Å². The highest BCUT2D eigenvalue weighted by atomic mass is 32.2. The van der Waals surface area contributed by atoms with Crippen LogP contribution in [0.25, 0.3) is 6.08 Å². The standard InChI is InChI=1S/C36H41N5O8S/c1-50-19-18-28(36(48)49)41-35(47)30(20-25-10-6-3-7-11-25)40-33(45)23-37-32(44)22-38-34(46)29(21-26-12-15-27(42)16-13-26)39-31(43)17-14-24-8-4-2-5-9-24/h2-17,28-30,42H,18-23H2,1H3,(H,37,44)(H,38,46)(H,39,43)(H,40,45)(H,41,47)(H,48,49)/b17-14+/t28-,29-,30-/m0/s1. The quantitative estimate of drug-likeness (QED) is 0.0902. The maximum absolute atomic E-state index is 13.1. The number of carbonyl (C=O) groups is 6. The summed E-state index contributed by atoms with van der Waals surface area (Å²) in [5.41, 5.74) is 2.15. The molecule has 0 radical (unpaired) electrons. The van der Waals surface area contributed by atoms with Gasteiger partial charge < -0.3 is 36.8 Å². The molecule has 3 rings (SSSR count). The van der Waals surface area contributed by atoms with Gasteiger partial charge in [-0.05, 0) is 53.3 Å². The molecule has 0 unspecified atom stereocenters. The highest BCUT2D eigenvalue weighted by Gasteiger charge is 2.27. The molecule has 0 saturated heterocycles. The molecular weight excluding hydrogens is 662 g/mol. The smallest absolute Gasteiger partial charge is 0.326 e. The molecule has 13 nitrogen and oxygen atoms in total. The normalized spacial score (nSPS) is 12.6. The number of amides is 5. The van der Waals surface area contributed by atoms with Crippen LogP contribution in [0.2, 0.25) is 0 Å². The summed E-state index contributed by atoms with van der Waals surface area (Å²) in [6, 6.07) is 20.7. The van der Waals surface area contributed by atoms with E-state index in [1.165, 1.54) is 30.0 Å². The maximum Gasteiger partial charge on any atom is 0.326 e. The van der Waals surface area contributed by atoms with Crippen LogP contribution in [0.3, 0.4) is 0 Å². The van der Waals surface area contributed by atoms with E-state index in [-0.39, 0.29) is 25.0 Å². The average molecular weight is 704 g/mol. The minimum Gasteiger partial charge on any atom is -0.508 e. The lowest BCUT2D eigenvalue weighted by Gasteiger charge is -2.22. The van der Waals surface area contributed by atoms with Crippen molar-refractivity contribution in [1.82, 2.24) is 26.6 Å². The minimum atomic E-state index is -1.19. The van der Waals surface area contributed by atoms with E-state index in [1.807, 2.05) is 36.6 Å². The Bertz CT molecular complexity index is 1620. The largest absolute Gasteiger partial charge is 0.508 e. The Kier molecular flexibility index (Phi) is 16.0. The van der Waals surface area contributed by atoms with Crippen molar-refractivity contribution in [3.63, 3.8) is 0 Å². The fourth-order valence-electron chi connectivity index (χ4n) is 4.63. The Balaban J connectivity index is 1.58. The lowest BCUT2D eigenvalue weighted by Crippen LogP contribution is -2.54. The molecule has 0 heterocycles. The van der Waals surface area contributed by atoms with Gasteiger partial charge in [-0.15, -0.1) is 0 Å². The molecule has 3 aromatic carbocycles. The minimum absolute atomic E-state index is 0.0351. The Morgan fingerprint density at radius 3 is 1.88 bits per heavy atom. The zero-order valence-electron chi connectivity index (χ0n) is 27.5. The molecule has 3 aromatic rings. The lowest BCUT2D eigenvalue weighted by atomic mass is 10.0. The average Bonchev–Trinajstić information content (AvgIpc) is 3.11. The van der Waals surface area contributed by atoms with Gasteiger partial charge in [0.15, 0.2) is 0 Å². The monoisotopic (exact) mass is 703 g/mol. The second-order valence-electron chi connectivity index (χ2n) is 11.2. The van der Waals surface area contributed by atoms with Gasteiger partial charge in [0.05, 0.1) is 13.1 Å². The van der Waals surface area contributed by atoms with Crippen LogP contribution in [0.1, 0.15) is 23.1 Å². The van der Waals surface area contributed by atoms with Gasteiger partial charge in [-0.25, -0.2) is 4.79 Å². The number of thioether (sulfide) groups is 1. The second-order valence-corrected chi connectivity index (χ2v) is 12.1. The van der Waals surface area contributed by atoms with Crippen LogP contribution in [0.4, 0.5) is 0 Å². The topological polar surface area (TPSA) is 203 Å². The van der Waals surface area contributed by atoms with Crippen LogP contribution in [-0.2, 0) is 41.6 Å². The highest BCUT2D eigenvalue weighted by Crippen LogP contribution is 2.12. The molecule has 0 aliphatic heterocycles. The van der Waals surface area contributed by atoms with Crippen molar-refractivity contribution in [1.29, 1.82) is 0 Å². The molecule has 7 N–H and O–H groups in total. The number of hydrogen-bond acceptors (Lipinski definition) is 8. The summed E-state index contributed by atoms with van der Waals surface area (Å²) in [5, 5.41) is 31.7. The number of carboxylic acids is 1. The molecule has 0 aromatic heterocycles. The first-order valence-corrected chi connectivity index (χ1v) is 17.1.